The summed E-state index contributed by atoms with van der Waals surface area (Å²) < 4.78 is 28.9. The zero-order chi connectivity index (χ0) is 17.9. The Kier molecular flexibility index (Phi) is 5.65. The summed E-state index contributed by atoms with van der Waals surface area (Å²) in [6.07, 6.45) is 2.61. The molecule has 0 spiro atoms. The number of hydrogen-bond donors (Lipinski definition) is 3. The second-order valence-electron chi connectivity index (χ2n) is 5.57. The molecule has 3 N–H and O–H groups in total. The van der Waals surface area contributed by atoms with Gasteiger partial charge >= 0.3 is 7.12 Å². The molecule has 130 valence electrons. The minimum absolute atomic E-state index is 0.128. The number of para-hydroxylation sites is 1. The highest BCUT2D eigenvalue weighted by Gasteiger charge is 2.28. The van der Waals surface area contributed by atoms with Gasteiger partial charge in [-0.3, -0.25) is 4.79 Å². The van der Waals surface area contributed by atoms with Gasteiger partial charge in [0.05, 0.1) is 25.0 Å². The van der Waals surface area contributed by atoms with E-state index in [1.54, 1.807) is 6.07 Å². The van der Waals surface area contributed by atoms with Crippen molar-refractivity contribution < 1.29 is 27.7 Å². The van der Waals surface area contributed by atoms with E-state index in [2.05, 4.69) is 5.32 Å². The normalized spacial score (nSPS) is 13.2. The molecule has 1 heterocycles. The van der Waals surface area contributed by atoms with E-state index in [0.717, 1.165) is 15.9 Å². The van der Waals surface area contributed by atoms with Crippen molar-refractivity contribution >= 4 is 34.0 Å². The van der Waals surface area contributed by atoms with Crippen molar-refractivity contribution in [1.29, 1.82) is 0 Å². The van der Waals surface area contributed by atoms with E-state index in [0.29, 0.717) is 11.1 Å². The van der Waals surface area contributed by atoms with Crippen LogP contribution in [-0.2, 0) is 21.2 Å². The monoisotopic (exact) mass is 354 g/mol. The Balaban J connectivity index is 2.08. The lowest BCUT2D eigenvalue weighted by Crippen LogP contribution is -2.50. The Labute approximate surface area is 140 Å². The van der Waals surface area contributed by atoms with Gasteiger partial charge in [0.15, 0.2) is 0 Å². The Hall–Kier alpha value is -1.88. The summed E-state index contributed by atoms with van der Waals surface area (Å²) in [4.78, 5) is 11.9. The number of nitrogens with one attached hydrogen (secondary N) is 1. The van der Waals surface area contributed by atoms with Crippen LogP contribution >= 0.6 is 0 Å². The lowest BCUT2D eigenvalue weighted by Gasteiger charge is -2.19. The van der Waals surface area contributed by atoms with Crippen molar-refractivity contribution in [3.63, 3.8) is 0 Å². The molecular formula is C14H19BN2O6S. The molecule has 1 atom stereocenters. The Morgan fingerprint density at radius 2 is 2.04 bits per heavy atom. The number of rotatable bonds is 7. The predicted molar refractivity (Wildman–Crippen MR) is 89.5 cm³/mol. The summed E-state index contributed by atoms with van der Waals surface area (Å²) >= 11 is 0. The van der Waals surface area contributed by atoms with Gasteiger partial charge in [0, 0.05) is 12.4 Å². The summed E-state index contributed by atoms with van der Waals surface area (Å²) in [5.41, 5.74) is 1.36. The average Bonchev–Trinajstić information content (AvgIpc) is 2.88. The maximum Gasteiger partial charge on any atom is 0.475 e. The first-order valence-corrected chi connectivity index (χ1v) is 9.05. The Morgan fingerprint density at radius 1 is 1.38 bits per heavy atom. The largest absolute Gasteiger partial charge is 0.475 e. The lowest BCUT2D eigenvalue weighted by molar-refractivity contribution is -0.121. The zero-order valence-electron chi connectivity index (χ0n) is 13.3. The maximum atomic E-state index is 11.9. The molecule has 0 bridgehead atoms. The highest BCUT2D eigenvalue weighted by Crippen LogP contribution is 2.22. The van der Waals surface area contributed by atoms with Crippen LogP contribution in [-0.4, -0.2) is 61.6 Å². The first-order valence-electron chi connectivity index (χ1n) is 7.20. The van der Waals surface area contributed by atoms with E-state index in [-0.39, 0.29) is 6.42 Å². The van der Waals surface area contributed by atoms with Gasteiger partial charge in [-0.15, -0.1) is 0 Å². The number of fused-ring (bicyclic) bond motifs is 1. The van der Waals surface area contributed by atoms with Crippen molar-refractivity contribution in [2.45, 2.75) is 12.4 Å². The SMILES string of the molecule is CN(CC(=O)N[C@@H](Cc1coc2ccccc12)B(O)O)S(C)(=O)=O. The number of amides is 1. The Morgan fingerprint density at radius 3 is 2.67 bits per heavy atom. The van der Waals surface area contributed by atoms with E-state index in [1.807, 2.05) is 18.2 Å². The molecule has 1 aromatic carbocycles. The molecule has 2 rings (SSSR count). The third-order valence-electron chi connectivity index (χ3n) is 3.64. The van der Waals surface area contributed by atoms with Crippen LogP contribution in [0.4, 0.5) is 0 Å². The van der Waals surface area contributed by atoms with Gasteiger partial charge in [-0.25, -0.2) is 8.42 Å². The quantitative estimate of drug-likeness (QED) is 0.569. The van der Waals surface area contributed by atoms with E-state index in [1.165, 1.54) is 13.3 Å². The number of hydrogen-bond acceptors (Lipinski definition) is 6. The number of sulfonamides is 1. The highest BCUT2D eigenvalue weighted by atomic mass is 32.2. The molecule has 0 aliphatic rings. The molecule has 8 nitrogen and oxygen atoms in total. The van der Waals surface area contributed by atoms with Crippen LogP contribution in [0.1, 0.15) is 5.56 Å². The minimum Gasteiger partial charge on any atom is -0.464 e. The van der Waals surface area contributed by atoms with Gasteiger partial charge < -0.3 is 19.8 Å². The van der Waals surface area contributed by atoms with E-state index in [9.17, 15) is 23.3 Å². The van der Waals surface area contributed by atoms with Crippen LogP contribution in [0, 0.1) is 0 Å². The number of furan rings is 1. The zero-order valence-corrected chi connectivity index (χ0v) is 14.2. The number of nitrogens with zero attached hydrogens (tertiary/aromatic N) is 1. The fraction of sp³-hybridized carbons (Fsp3) is 0.357. The van der Waals surface area contributed by atoms with Gasteiger partial charge in [-0.05, 0) is 18.1 Å². The topological polar surface area (TPSA) is 120 Å². The average molecular weight is 354 g/mol. The molecule has 0 saturated heterocycles. The molecule has 0 fully saturated rings. The first kappa shape index (κ1) is 18.5. The molecule has 0 radical (unpaired) electrons. The second-order valence-corrected chi connectivity index (χ2v) is 7.66. The van der Waals surface area contributed by atoms with Gasteiger partial charge in [0.2, 0.25) is 15.9 Å². The fourth-order valence-electron chi connectivity index (χ4n) is 2.23. The van der Waals surface area contributed by atoms with Crippen molar-refractivity contribution in [3.05, 3.63) is 36.1 Å². The fourth-order valence-corrected chi connectivity index (χ4v) is 2.58. The third-order valence-corrected chi connectivity index (χ3v) is 4.90. The van der Waals surface area contributed by atoms with Crippen LogP contribution in [0.3, 0.4) is 0 Å². The van der Waals surface area contributed by atoms with Crippen LogP contribution in [0.15, 0.2) is 34.9 Å². The van der Waals surface area contributed by atoms with Crippen molar-refractivity contribution in [3.8, 4) is 0 Å². The molecule has 0 unspecified atom stereocenters. The minimum atomic E-state index is -3.50. The number of carbonyl (C=O) groups excluding carboxylic acids is 1. The first-order chi connectivity index (χ1) is 11.2. The molecule has 2 aromatic rings. The van der Waals surface area contributed by atoms with Crippen molar-refractivity contribution in [2.75, 3.05) is 19.8 Å². The summed E-state index contributed by atoms with van der Waals surface area (Å²) in [6, 6.07) is 7.25. The van der Waals surface area contributed by atoms with Crippen LogP contribution in [0.2, 0.25) is 0 Å². The predicted octanol–water partition coefficient (Wildman–Crippen LogP) is -0.637. The standard InChI is InChI=1S/C14H19BN2O6S/c1-17(24(2,21)22)8-14(18)16-13(15(19)20)7-10-9-23-12-6-4-3-5-11(10)12/h3-6,9,13,19-20H,7-8H2,1-2H3,(H,16,18)/t13-/m0/s1. The summed E-state index contributed by atoms with van der Waals surface area (Å²) in [6.45, 7) is -0.409. The summed E-state index contributed by atoms with van der Waals surface area (Å²) in [7, 11) is -4.03. The van der Waals surface area contributed by atoms with Gasteiger partial charge in [0.1, 0.15) is 5.58 Å². The molecular weight excluding hydrogens is 335 g/mol. The number of carbonyl (C=O) groups is 1. The third kappa shape index (κ3) is 4.57. The maximum absolute atomic E-state index is 11.9. The number of likely N-dealkylation sites (N-methyl/N-ethyl adjacent to an activating group) is 1. The van der Waals surface area contributed by atoms with E-state index >= 15 is 0 Å². The van der Waals surface area contributed by atoms with Crippen LogP contribution in [0.5, 0.6) is 0 Å². The van der Waals surface area contributed by atoms with E-state index in [4.69, 9.17) is 4.42 Å². The smallest absolute Gasteiger partial charge is 0.464 e. The molecule has 1 aromatic heterocycles. The van der Waals surface area contributed by atoms with Gasteiger partial charge in [0.25, 0.3) is 0 Å². The molecule has 0 aliphatic heterocycles. The lowest BCUT2D eigenvalue weighted by atomic mass is 9.76. The van der Waals surface area contributed by atoms with Gasteiger partial charge in [-0.1, -0.05) is 18.2 Å². The van der Waals surface area contributed by atoms with E-state index < -0.39 is 35.5 Å². The molecule has 10 heteroatoms. The van der Waals surface area contributed by atoms with Crippen molar-refractivity contribution in [1.82, 2.24) is 9.62 Å². The Bertz CT molecular complexity index is 820. The summed E-state index contributed by atoms with van der Waals surface area (Å²) in [5.74, 6) is -1.62. The second kappa shape index (κ2) is 7.35. The molecule has 1 amide bonds. The summed E-state index contributed by atoms with van der Waals surface area (Å²) in [5, 5.41) is 22.3. The van der Waals surface area contributed by atoms with Crippen molar-refractivity contribution in [2.24, 2.45) is 0 Å². The highest BCUT2D eigenvalue weighted by molar-refractivity contribution is 7.88. The number of benzene rings is 1. The van der Waals surface area contributed by atoms with Gasteiger partial charge in [-0.2, -0.15) is 4.31 Å². The van der Waals surface area contributed by atoms with Crippen LogP contribution < -0.4 is 5.32 Å². The molecule has 0 saturated carbocycles. The molecule has 24 heavy (non-hydrogen) atoms. The van der Waals surface area contributed by atoms with Crippen LogP contribution in [0.25, 0.3) is 11.0 Å². The molecule has 0 aliphatic carbocycles.